The largest absolute Gasteiger partial charge is 0.394 e. The van der Waals surface area contributed by atoms with E-state index in [2.05, 4.69) is 0 Å². The van der Waals surface area contributed by atoms with E-state index in [0.29, 0.717) is 0 Å². The predicted octanol–water partition coefficient (Wildman–Crippen LogP) is -2.57. The van der Waals surface area contributed by atoms with Gasteiger partial charge in [-0.1, -0.05) is 0 Å². The Labute approximate surface area is 75.3 Å². The van der Waals surface area contributed by atoms with Crippen LogP contribution in [0.1, 0.15) is 0 Å². The van der Waals surface area contributed by atoms with Crippen molar-refractivity contribution in [3.8, 4) is 0 Å². The first-order valence-corrected chi connectivity index (χ1v) is 3.95. The molecule has 0 spiro atoms. The SMILES string of the molecule is CO[C@@H]1C(CO)OC(O)[C@@H](O)[C@H]1O. The highest BCUT2D eigenvalue weighted by molar-refractivity contribution is 4.89. The van der Waals surface area contributed by atoms with Crippen LogP contribution in [-0.2, 0) is 9.47 Å². The van der Waals surface area contributed by atoms with Gasteiger partial charge in [-0.05, 0) is 0 Å². The zero-order valence-corrected chi connectivity index (χ0v) is 7.20. The van der Waals surface area contributed by atoms with E-state index < -0.39 is 30.7 Å². The normalized spacial score (nSPS) is 46.4. The van der Waals surface area contributed by atoms with Gasteiger partial charge < -0.3 is 29.9 Å². The van der Waals surface area contributed by atoms with Gasteiger partial charge in [0.2, 0.25) is 0 Å². The lowest BCUT2D eigenvalue weighted by molar-refractivity contribution is -0.290. The number of aliphatic hydroxyl groups excluding tert-OH is 4. The van der Waals surface area contributed by atoms with E-state index in [0.717, 1.165) is 0 Å². The maximum Gasteiger partial charge on any atom is 0.184 e. The lowest BCUT2D eigenvalue weighted by Gasteiger charge is -2.39. The highest BCUT2D eigenvalue weighted by Gasteiger charge is 2.43. The van der Waals surface area contributed by atoms with Gasteiger partial charge in [-0.2, -0.15) is 0 Å². The van der Waals surface area contributed by atoms with Crippen LogP contribution in [0.15, 0.2) is 0 Å². The summed E-state index contributed by atoms with van der Waals surface area (Å²) in [6.45, 7) is -0.390. The summed E-state index contributed by atoms with van der Waals surface area (Å²) in [6.07, 6.45) is -5.81. The molecule has 6 nitrogen and oxygen atoms in total. The van der Waals surface area contributed by atoms with Gasteiger partial charge in [-0.15, -0.1) is 0 Å². The first-order chi connectivity index (χ1) is 6.11. The molecule has 0 aliphatic carbocycles. The van der Waals surface area contributed by atoms with Crippen LogP contribution in [0.4, 0.5) is 0 Å². The molecule has 0 aromatic rings. The molecule has 1 aliphatic rings. The van der Waals surface area contributed by atoms with Gasteiger partial charge in [0.1, 0.15) is 24.4 Å². The smallest absolute Gasteiger partial charge is 0.184 e. The van der Waals surface area contributed by atoms with Crippen molar-refractivity contribution in [2.24, 2.45) is 0 Å². The molecular formula is C7H14O6. The molecule has 4 N–H and O–H groups in total. The molecule has 2 unspecified atom stereocenters. The monoisotopic (exact) mass is 194 g/mol. The molecule has 1 heterocycles. The fraction of sp³-hybridized carbons (Fsp3) is 1.00. The Kier molecular flexibility index (Phi) is 3.60. The summed E-state index contributed by atoms with van der Waals surface area (Å²) in [4.78, 5) is 0. The standard InChI is InChI=1S/C7H14O6/c1-12-6-3(2-8)13-7(11)5(10)4(6)9/h3-11H,2H2,1H3/t3?,4-,5+,6-,7?/m1/s1. The third-order valence-corrected chi connectivity index (χ3v) is 2.11. The van der Waals surface area contributed by atoms with Crippen LogP contribution in [0.25, 0.3) is 0 Å². The first kappa shape index (κ1) is 10.8. The molecular weight excluding hydrogens is 180 g/mol. The van der Waals surface area contributed by atoms with Crippen molar-refractivity contribution < 1.29 is 29.9 Å². The predicted molar refractivity (Wildman–Crippen MR) is 40.8 cm³/mol. The molecule has 1 aliphatic heterocycles. The van der Waals surface area contributed by atoms with Gasteiger partial charge in [-0.3, -0.25) is 0 Å². The highest BCUT2D eigenvalue weighted by atomic mass is 16.6. The zero-order valence-electron chi connectivity index (χ0n) is 7.20. The van der Waals surface area contributed by atoms with E-state index in [1.54, 1.807) is 0 Å². The third kappa shape index (κ3) is 1.98. The van der Waals surface area contributed by atoms with Gasteiger partial charge in [0.25, 0.3) is 0 Å². The Balaban J connectivity index is 2.69. The van der Waals surface area contributed by atoms with Gasteiger partial charge in [0.05, 0.1) is 6.61 Å². The van der Waals surface area contributed by atoms with Crippen LogP contribution < -0.4 is 0 Å². The number of hydrogen-bond donors (Lipinski definition) is 4. The molecule has 0 saturated carbocycles. The fourth-order valence-corrected chi connectivity index (χ4v) is 1.36. The number of aliphatic hydroxyl groups is 4. The van der Waals surface area contributed by atoms with E-state index in [9.17, 15) is 10.2 Å². The Hall–Kier alpha value is -0.240. The van der Waals surface area contributed by atoms with Crippen molar-refractivity contribution in [1.82, 2.24) is 0 Å². The lowest BCUT2D eigenvalue weighted by Crippen LogP contribution is -2.59. The Morgan fingerprint density at radius 3 is 2.31 bits per heavy atom. The van der Waals surface area contributed by atoms with Crippen LogP contribution >= 0.6 is 0 Å². The van der Waals surface area contributed by atoms with Crippen molar-refractivity contribution in [3.63, 3.8) is 0 Å². The minimum Gasteiger partial charge on any atom is -0.394 e. The molecule has 0 amide bonds. The van der Waals surface area contributed by atoms with Gasteiger partial charge in [0, 0.05) is 7.11 Å². The van der Waals surface area contributed by atoms with Gasteiger partial charge in [-0.25, -0.2) is 0 Å². The van der Waals surface area contributed by atoms with Crippen LogP contribution in [-0.4, -0.2) is 64.8 Å². The van der Waals surface area contributed by atoms with Gasteiger partial charge >= 0.3 is 0 Å². The van der Waals surface area contributed by atoms with Crippen molar-refractivity contribution in [1.29, 1.82) is 0 Å². The molecule has 0 radical (unpaired) electrons. The fourth-order valence-electron chi connectivity index (χ4n) is 1.36. The van der Waals surface area contributed by atoms with E-state index >= 15 is 0 Å². The molecule has 5 atom stereocenters. The average Bonchev–Trinajstić information content (AvgIpc) is 2.13. The summed E-state index contributed by atoms with van der Waals surface area (Å²) in [7, 11) is 1.32. The molecule has 0 aromatic carbocycles. The lowest BCUT2D eigenvalue weighted by atomic mass is 9.99. The van der Waals surface area contributed by atoms with Crippen molar-refractivity contribution >= 4 is 0 Å². The summed E-state index contributed by atoms with van der Waals surface area (Å²) in [5, 5.41) is 36.4. The third-order valence-electron chi connectivity index (χ3n) is 2.11. The average molecular weight is 194 g/mol. The van der Waals surface area contributed by atoms with E-state index in [1.807, 2.05) is 0 Å². The van der Waals surface area contributed by atoms with Crippen LogP contribution in [0, 0.1) is 0 Å². The molecule has 1 rings (SSSR count). The number of rotatable bonds is 2. The molecule has 1 saturated heterocycles. The Morgan fingerprint density at radius 1 is 1.23 bits per heavy atom. The van der Waals surface area contributed by atoms with Gasteiger partial charge in [0.15, 0.2) is 6.29 Å². The summed E-state index contributed by atoms with van der Waals surface area (Å²) in [5.74, 6) is 0. The summed E-state index contributed by atoms with van der Waals surface area (Å²) in [5.41, 5.74) is 0. The summed E-state index contributed by atoms with van der Waals surface area (Å²) in [6, 6.07) is 0. The second kappa shape index (κ2) is 4.32. The molecule has 6 heteroatoms. The second-order valence-corrected chi connectivity index (χ2v) is 2.93. The highest BCUT2D eigenvalue weighted by Crippen LogP contribution is 2.21. The van der Waals surface area contributed by atoms with Crippen LogP contribution in [0.5, 0.6) is 0 Å². The molecule has 1 fully saturated rings. The van der Waals surface area contributed by atoms with Crippen molar-refractivity contribution in [3.05, 3.63) is 0 Å². The van der Waals surface area contributed by atoms with Crippen LogP contribution in [0.2, 0.25) is 0 Å². The van der Waals surface area contributed by atoms with E-state index in [4.69, 9.17) is 19.7 Å². The van der Waals surface area contributed by atoms with Crippen LogP contribution in [0.3, 0.4) is 0 Å². The zero-order chi connectivity index (χ0) is 10.0. The van der Waals surface area contributed by atoms with E-state index in [1.165, 1.54) is 7.11 Å². The summed E-state index contributed by atoms with van der Waals surface area (Å²) < 4.78 is 9.61. The molecule has 0 aromatic heterocycles. The quantitative estimate of drug-likeness (QED) is 0.386. The topological polar surface area (TPSA) is 99.4 Å². The number of methoxy groups -OCH3 is 1. The maximum atomic E-state index is 9.38. The summed E-state index contributed by atoms with van der Waals surface area (Å²) >= 11 is 0. The minimum absolute atomic E-state index is 0.390. The number of hydrogen-bond acceptors (Lipinski definition) is 6. The Bertz CT molecular complexity index is 161. The Morgan fingerprint density at radius 2 is 1.85 bits per heavy atom. The molecule has 13 heavy (non-hydrogen) atoms. The maximum absolute atomic E-state index is 9.38. The van der Waals surface area contributed by atoms with E-state index in [-0.39, 0.29) is 6.61 Å². The second-order valence-electron chi connectivity index (χ2n) is 2.93. The van der Waals surface area contributed by atoms with Crippen molar-refractivity contribution in [2.75, 3.05) is 13.7 Å². The number of ether oxygens (including phenoxy) is 2. The first-order valence-electron chi connectivity index (χ1n) is 3.95. The van der Waals surface area contributed by atoms with Crippen molar-refractivity contribution in [2.45, 2.75) is 30.7 Å². The molecule has 0 bridgehead atoms. The minimum atomic E-state index is -1.49. The molecule has 78 valence electrons.